The van der Waals surface area contributed by atoms with Gasteiger partial charge in [0.05, 0.1) is 6.61 Å². The van der Waals surface area contributed by atoms with Gasteiger partial charge < -0.3 is 78.7 Å². The predicted octanol–water partition coefficient (Wildman–Crippen LogP) is 2.19. The van der Waals surface area contributed by atoms with Crippen LogP contribution in [0.25, 0.3) is 0 Å². The molecular formula is C48H93N17O17Si6. The number of nitrogen functional groups attached to an aromatic ring is 2. The molecule has 4 aromatic rings. The molecule has 0 radical (unpaired) electrons. The number of aromatic amines is 1. The van der Waals surface area contributed by atoms with Gasteiger partial charge in [0, 0.05) is 27.7 Å². The van der Waals surface area contributed by atoms with Crippen molar-refractivity contribution in [2.45, 2.75) is 195 Å². The molecule has 2 fully saturated rings. The lowest BCUT2D eigenvalue weighted by Crippen LogP contribution is -2.55. The number of aromatic nitrogens is 12. The lowest BCUT2D eigenvalue weighted by atomic mass is 10.1. The highest BCUT2D eigenvalue weighted by atomic mass is 28.4. The molecule has 11 N–H and O–H groups in total. The van der Waals surface area contributed by atoms with Crippen LogP contribution in [0, 0.1) is 0 Å². The second-order valence-electron chi connectivity index (χ2n) is 25.4. The molecule has 2 aliphatic rings. The molecule has 34 nitrogen and oxygen atoms in total. The summed E-state index contributed by atoms with van der Waals surface area (Å²) in [4.78, 5) is 113. The maximum absolute atomic E-state index is 11.5. The summed E-state index contributed by atoms with van der Waals surface area (Å²) in [5.41, 5.74) is 9.03. The van der Waals surface area contributed by atoms with Gasteiger partial charge >= 0.3 is 47.3 Å². The molecule has 0 aliphatic carbocycles. The van der Waals surface area contributed by atoms with E-state index in [1.165, 1.54) is 19.6 Å². The minimum absolute atomic E-state index is 0.0880. The van der Waals surface area contributed by atoms with Crippen LogP contribution in [0.1, 0.15) is 33.9 Å². The van der Waals surface area contributed by atoms with Gasteiger partial charge in [-0.15, -0.1) is 0 Å². The van der Waals surface area contributed by atoms with Gasteiger partial charge in [0.25, 0.3) is 0 Å². The van der Waals surface area contributed by atoms with Gasteiger partial charge in [0.15, 0.2) is 12.3 Å². The van der Waals surface area contributed by atoms with E-state index in [1.54, 1.807) is 0 Å². The molecule has 4 aromatic heterocycles. The van der Waals surface area contributed by atoms with Crippen LogP contribution in [0.4, 0.5) is 23.8 Å². The van der Waals surface area contributed by atoms with E-state index in [1.807, 2.05) is 0 Å². The van der Waals surface area contributed by atoms with Crippen LogP contribution >= 0.6 is 0 Å². The van der Waals surface area contributed by atoms with Crippen molar-refractivity contribution in [3.63, 3.8) is 0 Å². The summed E-state index contributed by atoms with van der Waals surface area (Å²) in [6.45, 7) is 43.8. The summed E-state index contributed by atoms with van der Waals surface area (Å²) < 4.78 is 46.4. The van der Waals surface area contributed by atoms with Gasteiger partial charge in [-0.05, 0) is 39.3 Å². The van der Waals surface area contributed by atoms with Gasteiger partial charge in [0.2, 0.25) is 52.8 Å². The molecular weight excluding hydrogens is 1260 g/mol. The molecule has 0 amide bonds. The maximum Gasteiger partial charge on any atom is 0.354 e. The van der Waals surface area contributed by atoms with E-state index in [2.05, 4.69) is 187 Å². The summed E-state index contributed by atoms with van der Waals surface area (Å²) in [5, 5.41) is 28.1. The summed E-state index contributed by atoms with van der Waals surface area (Å²) >= 11 is 0. The smallest absolute Gasteiger partial charge is 0.354 e. The van der Waals surface area contributed by atoms with Crippen molar-refractivity contribution in [1.82, 2.24) is 64.0 Å². The summed E-state index contributed by atoms with van der Waals surface area (Å²) in [6.07, 6.45) is -3.99. The zero-order valence-corrected chi connectivity index (χ0v) is 60.5. The summed E-state index contributed by atoms with van der Waals surface area (Å²) in [5.74, 6) is -1.44. The Morgan fingerprint density at radius 1 is 0.580 bits per heavy atom. The number of esters is 4. The Bertz CT molecular complexity index is 2810. The van der Waals surface area contributed by atoms with E-state index < -0.39 is 141 Å². The highest BCUT2D eigenvalue weighted by Gasteiger charge is 2.51. The molecule has 6 heterocycles. The van der Waals surface area contributed by atoms with Crippen molar-refractivity contribution in [2.75, 3.05) is 34.6 Å². The highest BCUT2D eigenvalue weighted by molar-refractivity contribution is 6.90. The van der Waals surface area contributed by atoms with Crippen molar-refractivity contribution >= 4 is 97.2 Å². The minimum Gasteiger partial charge on any atom is -0.518 e. The van der Waals surface area contributed by atoms with Crippen LogP contribution in [-0.4, -0.2) is 204 Å². The fourth-order valence-corrected chi connectivity index (χ4v) is 18.9. The summed E-state index contributed by atoms with van der Waals surface area (Å²) in [6, 6.07) is 0.852. The van der Waals surface area contributed by atoms with E-state index in [0.717, 1.165) is 38.0 Å². The van der Waals surface area contributed by atoms with Crippen molar-refractivity contribution in [3.8, 4) is 12.0 Å². The Kier molecular flexibility index (Phi) is 31.5. The van der Waals surface area contributed by atoms with E-state index in [-0.39, 0.29) is 18.5 Å². The second-order valence-corrected chi connectivity index (χ2v) is 53.8. The third-order valence-electron chi connectivity index (χ3n) is 9.37. The fraction of sp³-hybridized carbons (Fsp3) is 0.667. The Hall–Kier alpha value is -6.62. The topological polar surface area (TPSA) is 475 Å². The van der Waals surface area contributed by atoms with Crippen LogP contribution < -0.4 is 46.3 Å². The number of hydrogen-bond acceptors (Lipinski definition) is 32. The highest BCUT2D eigenvalue weighted by Crippen LogP contribution is 2.29. The molecule has 88 heavy (non-hydrogen) atoms. The number of nitrogens with two attached hydrogens (primary N) is 2. The number of nitrogens with one attached hydrogen (secondary N) is 4. The normalized spacial score (nSPS) is 19.8. The average Bonchev–Trinajstić information content (AvgIpc) is 3.14. The Morgan fingerprint density at radius 3 is 1.38 bits per heavy atom. The number of carbonyl (C=O) groups is 4. The van der Waals surface area contributed by atoms with Gasteiger partial charge in [-0.25, -0.2) is 29.5 Å². The molecule has 2 unspecified atom stereocenters. The predicted molar refractivity (Wildman–Crippen MR) is 340 cm³/mol. The molecule has 2 aliphatic heterocycles. The number of nitrogens with zero attached hydrogens (tertiary/aromatic N) is 11. The van der Waals surface area contributed by atoms with Crippen LogP contribution in [0.2, 0.25) is 118 Å². The van der Waals surface area contributed by atoms with Gasteiger partial charge in [-0.3, -0.25) is 28.7 Å². The van der Waals surface area contributed by atoms with Gasteiger partial charge in [-0.1, -0.05) is 78.6 Å². The number of aliphatic hydroxyl groups is 3. The molecule has 0 bridgehead atoms. The molecule has 6 rings (SSSR count). The molecule has 0 saturated carbocycles. The van der Waals surface area contributed by atoms with Crippen LogP contribution in [0.15, 0.2) is 34.9 Å². The maximum atomic E-state index is 11.5. The van der Waals surface area contributed by atoms with Crippen molar-refractivity contribution in [2.24, 2.45) is 0 Å². The lowest BCUT2D eigenvalue weighted by Gasteiger charge is -2.28. The van der Waals surface area contributed by atoms with Crippen molar-refractivity contribution < 1.29 is 71.8 Å². The first kappa shape index (κ1) is 79.4. The number of ether oxygens (including phenoxy) is 6. The Balaban J connectivity index is 0.000000542. The SMILES string of the molecule is CC(=O)OC[C@H]1O[C@@H](OC(C)=O)[C@@H](OC(C)=O)C1OC(C)=O.C[Si](C)(C)N[Si](C)(C)C.C[Si](C)(C)Nc1ncnc(O[Si](C)(C)C)n1.C[Si](C)(C)Nc1ncnc(O[Si](C)(C)C)n1.Nc1ncn([C@@H]2O[C@H](CO)C(O)[C@@H]2O)c(=O)n1.Nc1ncnc(=O)[nH]1. The van der Waals surface area contributed by atoms with E-state index >= 15 is 0 Å². The first-order valence-corrected chi connectivity index (χ1v) is 48.3. The first-order valence-electron chi connectivity index (χ1n) is 27.5. The Morgan fingerprint density at radius 2 is 1.03 bits per heavy atom. The van der Waals surface area contributed by atoms with E-state index in [9.17, 15) is 39.0 Å². The largest absolute Gasteiger partial charge is 0.518 e. The number of anilines is 4. The molecule has 8 atom stereocenters. The molecule has 0 aromatic carbocycles. The number of H-pyrrole nitrogens is 1. The second kappa shape index (κ2) is 35.0. The number of carbonyl (C=O) groups excluding carboxylic acids is 4. The monoisotopic (exact) mass is 1350 g/mol. The summed E-state index contributed by atoms with van der Waals surface area (Å²) in [7, 11) is -8.11. The average molecular weight is 1350 g/mol. The first-order chi connectivity index (χ1) is 40.1. The van der Waals surface area contributed by atoms with Crippen molar-refractivity contribution in [3.05, 3.63) is 46.3 Å². The van der Waals surface area contributed by atoms with Crippen LogP contribution in [-0.2, 0) is 47.6 Å². The molecule has 2 saturated heterocycles. The number of hydrogen-bond donors (Lipinski definition) is 9. The van der Waals surface area contributed by atoms with Crippen molar-refractivity contribution in [1.29, 1.82) is 0 Å². The van der Waals surface area contributed by atoms with Crippen LogP contribution in [0.3, 0.4) is 0 Å². The van der Waals surface area contributed by atoms with E-state index in [4.69, 9.17) is 53.8 Å². The molecule has 496 valence electrons. The third kappa shape index (κ3) is 35.4. The third-order valence-corrected chi connectivity index (χ3v) is 18.9. The lowest BCUT2D eigenvalue weighted by molar-refractivity contribution is -0.197. The zero-order valence-electron chi connectivity index (χ0n) is 54.5. The Labute approximate surface area is 518 Å². The van der Waals surface area contributed by atoms with Gasteiger partial charge in [-0.2, -0.15) is 29.9 Å². The van der Waals surface area contributed by atoms with Crippen LogP contribution in [0.5, 0.6) is 12.0 Å². The van der Waals surface area contributed by atoms with E-state index in [0.29, 0.717) is 23.9 Å². The quantitative estimate of drug-likeness (QED) is 0.0415. The molecule has 40 heteroatoms. The zero-order chi connectivity index (χ0) is 67.9. The standard InChI is InChI=1S/C13H18O9.2C9H20N4OSi2.C8H12N4O5.C6H19NSi2.C3H4N4O/c1-6(14)18-5-10-11(19-7(2)15)12(20-8(3)16)13(22-10)21-9(4)17;2*1-15(2,3)13-8-10-7-11-9(12-8)14-16(4,5)6;9-7-10-2-12(8(16)11-7)6-5(15)4(14)3(1-13)17-6;1-8(2,3)7-9(4,5)6;4-2-5-1-6-3(8)7-2/h10-13H,5H2,1-4H3;2*7H,1-6H3,(H,10,11,12,13);2-6,13-15H,1H2,(H2,9,11,16);7H,1-6H3;1H,(H3,4,5,6,7,8)/t10-,11?,12+,13-;;;3-,4?,5+,6-;;/m1..1../s1. The number of rotatable bonds is 17. The number of aliphatic hydroxyl groups excluding tert-OH is 3. The minimum atomic E-state index is -1.65. The molecule has 0 spiro atoms. The van der Waals surface area contributed by atoms with Gasteiger partial charge in [0.1, 0.15) is 89.3 Å². The fourth-order valence-electron chi connectivity index (χ4n) is 7.02.